The van der Waals surface area contributed by atoms with E-state index in [1.54, 1.807) is 18.0 Å². The Balaban J connectivity index is 3.08. The monoisotopic (exact) mass is 293 g/mol. The van der Waals surface area contributed by atoms with Crippen molar-refractivity contribution in [2.24, 2.45) is 0 Å². The molecule has 0 aliphatic heterocycles. The molecule has 5 heteroatoms. The summed E-state index contributed by atoms with van der Waals surface area (Å²) in [5, 5.41) is 12.6. The molecule has 1 aromatic heterocycles. The van der Waals surface area contributed by atoms with Gasteiger partial charge in [-0.15, -0.1) is 0 Å². The molecule has 0 unspecified atom stereocenters. The number of likely N-dealkylation sites (N-methyl/N-ethyl adjacent to an activating group) is 1. The van der Waals surface area contributed by atoms with E-state index >= 15 is 0 Å². The van der Waals surface area contributed by atoms with Gasteiger partial charge in [-0.1, -0.05) is 13.8 Å². The van der Waals surface area contributed by atoms with Crippen LogP contribution < -0.4 is 5.32 Å². The normalized spacial score (nSPS) is 11.3. The van der Waals surface area contributed by atoms with Crippen LogP contribution in [0.25, 0.3) is 0 Å². The zero-order chi connectivity index (χ0) is 16.0. The molecule has 118 valence electrons. The molecule has 0 aliphatic carbocycles. The lowest BCUT2D eigenvalue weighted by atomic mass is 10.0. The van der Waals surface area contributed by atoms with Crippen molar-refractivity contribution in [1.29, 1.82) is 0 Å². The molecular formula is C16H27N3O2. The summed E-state index contributed by atoms with van der Waals surface area (Å²) in [7, 11) is 1.71. The Bertz CT molecular complexity index is 486. The SMILES string of the molecule is CCCNc1cc(C(=O)N(C)C(C)(C)CO)cc(CC)n1. The molecule has 0 aliphatic rings. The summed E-state index contributed by atoms with van der Waals surface area (Å²) in [4.78, 5) is 18.7. The van der Waals surface area contributed by atoms with Gasteiger partial charge in [0.25, 0.3) is 5.91 Å². The number of carbonyl (C=O) groups excluding carboxylic acids is 1. The first-order chi connectivity index (χ1) is 9.85. The number of hydrogen-bond acceptors (Lipinski definition) is 4. The van der Waals surface area contributed by atoms with E-state index in [0.29, 0.717) is 5.56 Å². The van der Waals surface area contributed by atoms with Gasteiger partial charge in [-0.05, 0) is 38.8 Å². The van der Waals surface area contributed by atoms with Crippen LogP contribution in [0.4, 0.5) is 5.82 Å². The van der Waals surface area contributed by atoms with E-state index in [2.05, 4.69) is 17.2 Å². The molecule has 0 saturated heterocycles. The first kappa shape index (κ1) is 17.4. The Hall–Kier alpha value is -1.62. The van der Waals surface area contributed by atoms with Crippen molar-refractivity contribution >= 4 is 11.7 Å². The van der Waals surface area contributed by atoms with E-state index in [-0.39, 0.29) is 12.5 Å². The molecule has 0 radical (unpaired) electrons. The maximum absolute atomic E-state index is 12.6. The van der Waals surface area contributed by atoms with Gasteiger partial charge in [-0.2, -0.15) is 0 Å². The molecule has 21 heavy (non-hydrogen) atoms. The molecule has 0 saturated carbocycles. The summed E-state index contributed by atoms with van der Waals surface area (Å²) in [6, 6.07) is 3.60. The maximum Gasteiger partial charge on any atom is 0.254 e. The van der Waals surface area contributed by atoms with E-state index < -0.39 is 5.54 Å². The molecule has 1 heterocycles. The van der Waals surface area contributed by atoms with Gasteiger partial charge in [0.15, 0.2) is 0 Å². The van der Waals surface area contributed by atoms with Crippen LogP contribution in [0, 0.1) is 0 Å². The van der Waals surface area contributed by atoms with E-state index in [9.17, 15) is 9.90 Å². The van der Waals surface area contributed by atoms with Crippen LogP contribution in [0.15, 0.2) is 12.1 Å². The number of amides is 1. The van der Waals surface area contributed by atoms with Crippen molar-refractivity contribution in [2.45, 2.75) is 46.1 Å². The van der Waals surface area contributed by atoms with Crippen LogP contribution in [0.1, 0.15) is 50.2 Å². The minimum absolute atomic E-state index is 0.0814. The van der Waals surface area contributed by atoms with Crippen LogP contribution in [0.2, 0.25) is 0 Å². The van der Waals surface area contributed by atoms with Crippen molar-refractivity contribution in [1.82, 2.24) is 9.88 Å². The number of carbonyl (C=O) groups is 1. The average Bonchev–Trinajstić information content (AvgIpc) is 2.50. The second-order valence-corrected chi connectivity index (χ2v) is 5.85. The lowest BCUT2D eigenvalue weighted by Gasteiger charge is -2.34. The van der Waals surface area contributed by atoms with Gasteiger partial charge >= 0.3 is 0 Å². The molecule has 0 bridgehead atoms. The second-order valence-electron chi connectivity index (χ2n) is 5.85. The summed E-state index contributed by atoms with van der Waals surface area (Å²) < 4.78 is 0. The molecule has 0 atom stereocenters. The van der Waals surface area contributed by atoms with Crippen molar-refractivity contribution in [3.63, 3.8) is 0 Å². The summed E-state index contributed by atoms with van der Waals surface area (Å²) in [6.45, 7) is 8.52. The van der Waals surface area contributed by atoms with Gasteiger partial charge in [0.1, 0.15) is 5.82 Å². The van der Waals surface area contributed by atoms with Crippen LogP contribution >= 0.6 is 0 Å². The number of aliphatic hydroxyl groups excluding tert-OH is 1. The summed E-state index contributed by atoms with van der Waals surface area (Å²) >= 11 is 0. The predicted octanol–water partition coefficient (Wildman–Crippen LogP) is 2.31. The zero-order valence-corrected chi connectivity index (χ0v) is 13.7. The quantitative estimate of drug-likeness (QED) is 0.809. The number of rotatable bonds is 7. The van der Waals surface area contributed by atoms with Gasteiger partial charge in [-0.3, -0.25) is 4.79 Å². The molecule has 2 N–H and O–H groups in total. The Morgan fingerprint density at radius 3 is 2.57 bits per heavy atom. The Labute approximate surface area is 127 Å². The molecule has 0 fully saturated rings. The van der Waals surface area contributed by atoms with Gasteiger partial charge in [0.2, 0.25) is 0 Å². The number of pyridine rings is 1. The predicted molar refractivity (Wildman–Crippen MR) is 85.7 cm³/mol. The van der Waals surface area contributed by atoms with Crippen LogP contribution in [-0.2, 0) is 6.42 Å². The van der Waals surface area contributed by atoms with Crippen LogP contribution in [-0.4, -0.2) is 46.6 Å². The highest BCUT2D eigenvalue weighted by Crippen LogP contribution is 2.18. The standard InChI is InChI=1S/C16H27N3O2/c1-6-8-17-14-10-12(9-13(7-2)18-14)15(21)19(5)16(3,4)11-20/h9-10,20H,6-8,11H2,1-5H3,(H,17,18). The fraction of sp³-hybridized carbons (Fsp3) is 0.625. The lowest BCUT2D eigenvalue weighted by Crippen LogP contribution is -2.47. The fourth-order valence-electron chi connectivity index (χ4n) is 1.81. The third-order valence-corrected chi connectivity index (χ3v) is 3.64. The van der Waals surface area contributed by atoms with E-state index in [1.165, 1.54) is 0 Å². The highest BCUT2D eigenvalue weighted by molar-refractivity contribution is 5.95. The summed E-state index contributed by atoms with van der Waals surface area (Å²) in [6.07, 6.45) is 1.77. The van der Waals surface area contributed by atoms with Gasteiger partial charge in [0, 0.05) is 24.8 Å². The van der Waals surface area contributed by atoms with Gasteiger partial charge in [-0.25, -0.2) is 4.98 Å². The number of hydrogen-bond donors (Lipinski definition) is 2. The topological polar surface area (TPSA) is 65.5 Å². The third-order valence-electron chi connectivity index (χ3n) is 3.64. The number of aromatic nitrogens is 1. The maximum atomic E-state index is 12.6. The minimum atomic E-state index is -0.594. The fourth-order valence-corrected chi connectivity index (χ4v) is 1.81. The number of nitrogens with one attached hydrogen (secondary N) is 1. The first-order valence-electron chi connectivity index (χ1n) is 7.49. The number of aliphatic hydroxyl groups is 1. The van der Waals surface area contributed by atoms with Crippen molar-refractivity contribution in [2.75, 3.05) is 25.5 Å². The second kappa shape index (κ2) is 7.41. The largest absolute Gasteiger partial charge is 0.394 e. The minimum Gasteiger partial charge on any atom is -0.394 e. The Morgan fingerprint density at radius 1 is 1.38 bits per heavy atom. The van der Waals surface area contributed by atoms with Gasteiger partial charge < -0.3 is 15.3 Å². The van der Waals surface area contributed by atoms with Gasteiger partial charge in [0.05, 0.1) is 12.1 Å². The van der Waals surface area contributed by atoms with Crippen LogP contribution in [0.3, 0.4) is 0 Å². The number of nitrogens with zero attached hydrogens (tertiary/aromatic N) is 2. The third kappa shape index (κ3) is 4.43. The Morgan fingerprint density at radius 2 is 2.05 bits per heavy atom. The molecule has 0 aromatic carbocycles. The van der Waals surface area contributed by atoms with Crippen molar-refractivity contribution in [3.05, 3.63) is 23.4 Å². The molecular weight excluding hydrogens is 266 g/mol. The molecule has 1 amide bonds. The molecule has 0 spiro atoms. The summed E-state index contributed by atoms with van der Waals surface area (Å²) in [5.74, 6) is 0.625. The zero-order valence-electron chi connectivity index (χ0n) is 13.7. The highest BCUT2D eigenvalue weighted by Gasteiger charge is 2.28. The van der Waals surface area contributed by atoms with Crippen molar-refractivity contribution in [3.8, 4) is 0 Å². The number of anilines is 1. The summed E-state index contributed by atoms with van der Waals surface area (Å²) in [5.41, 5.74) is 0.892. The Kier molecular flexibility index (Phi) is 6.15. The molecule has 5 nitrogen and oxygen atoms in total. The number of aryl methyl sites for hydroxylation is 1. The first-order valence-corrected chi connectivity index (χ1v) is 7.49. The van der Waals surface area contributed by atoms with E-state index in [0.717, 1.165) is 30.9 Å². The molecule has 1 aromatic rings. The smallest absolute Gasteiger partial charge is 0.254 e. The van der Waals surface area contributed by atoms with E-state index in [1.807, 2.05) is 26.8 Å². The van der Waals surface area contributed by atoms with Crippen LogP contribution in [0.5, 0.6) is 0 Å². The lowest BCUT2D eigenvalue weighted by molar-refractivity contribution is 0.0473. The van der Waals surface area contributed by atoms with E-state index in [4.69, 9.17) is 0 Å². The average molecular weight is 293 g/mol. The molecule has 1 rings (SSSR count). The van der Waals surface area contributed by atoms with Crippen molar-refractivity contribution < 1.29 is 9.90 Å². The highest BCUT2D eigenvalue weighted by atomic mass is 16.3.